The average Bonchev–Trinajstić information content (AvgIpc) is 2.55. The molecule has 0 aliphatic rings. The Bertz CT molecular complexity index is 852. The fourth-order valence-electron chi connectivity index (χ4n) is 1.97. The molecule has 2 aromatic rings. The Morgan fingerprint density at radius 3 is 2.58 bits per heavy atom. The van der Waals surface area contributed by atoms with Crippen molar-refractivity contribution in [3.63, 3.8) is 0 Å². The van der Waals surface area contributed by atoms with Crippen LogP contribution in [-0.4, -0.2) is 34.7 Å². The summed E-state index contributed by atoms with van der Waals surface area (Å²) in [6, 6.07) is 7.09. The molecule has 0 unspecified atom stereocenters. The van der Waals surface area contributed by atoms with Gasteiger partial charge in [-0.25, -0.2) is 9.98 Å². The highest BCUT2D eigenvalue weighted by Crippen LogP contribution is 2.20. The number of ketones is 1. The SMILES string of the molecule is C=Nc1nc(N)[nH]c(=O)c1N=C(C)CNc1ccc(C(C)=O)cc1. The highest BCUT2D eigenvalue weighted by Gasteiger charge is 2.09. The van der Waals surface area contributed by atoms with E-state index < -0.39 is 5.56 Å². The minimum Gasteiger partial charge on any atom is -0.380 e. The van der Waals surface area contributed by atoms with Crippen molar-refractivity contribution < 1.29 is 4.79 Å². The van der Waals surface area contributed by atoms with Gasteiger partial charge >= 0.3 is 0 Å². The Kier molecular flexibility index (Phi) is 5.20. The molecule has 0 aliphatic carbocycles. The van der Waals surface area contributed by atoms with Crippen LogP contribution in [0.3, 0.4) is 0 Å². The summed E-state index contributed by atoms with van der Waals surface area (Å²) < 4.78 is 0. The molecule has 0 spiro atoms. The van der Waals surface area contributed by atoms with Crippen LogP contribution < -0.4 is 16.6 Å². The van der Waals surface area contributed by atoms with Crippen molar-refractivity contribution in [2.75, 3.05) is 17.6 Å². The number of nitrogens with two attached hydrogens (primary N) is 1. The first-order valence-corrected chi connectivity index (χ1v) is 7.16. The lowest BCUT2D eigenvalue weighted by atomic mass is 10.1. The summed E-state index contributed by atoms with van der Waals surface area (Å²) in [4.78, 5) is 37.3. The zero-order valence-corrected chi connectivity index (χ0v) is 13.5. The van der Waals surface area contributed by atoms with Gasteiger partial charge in [0, 0.05) is 17.0 Å². The molecule has 1 heterocycles. The normalized spacial score (nSPS) is 11.2. The summed E-state index contributed by atoms with van der Waals surface area (Å²) >= 11 is 0. The summed E-state index contributed by atoms with van der Waals surface area (Å²) in [5.74, 6) is 0.0583. The van der Waals surface area contributed by atoms with E-state index in [1.807, 2.05) is 0 Å². The third-order valence-electron chi connectivity index (χ3n) is 3.19. The van der Waals surface area contributed by atoms with E-state index in [0.29, 0.717) is 17.8 Å². The van der Waals surface area contributed by atoms with Crippen LogP contribution >= 0.6 is 0 Å². The summed E-state index contributed by atoms with van der Waals surface area (Å²) in [5, 5.41) is 3.15. The van der Waals surface area contributed by atoms with Crippen molar-refractivity contribution in [1.29, 1.82) is 0 Å². The molecule has 24 heavy (non-hydrogen) atoms. The number of anilines is 2. The third-order valence-corrected chi connectivity index (χ3v) is 3.19. The van der Waals surface area contributed by atoms with Crippen LogP contribution in [0.15, 0.2) is 39.0 Å². The molecule has 0 bridgehead atoms. The van der Waals surface area contributed by atoms with Crippen LogP contribution in [0.4, 0.5) is 23.1 Å². The van der Waals surface area contributed by atoms with Crippen molar-refractivity contribution in [3.8, 4) is 0 Å². The second-order valence-corrected chi connectivity index (χ2v) is 5.12. The van der Waals surface area contributed by atoms with Crippen molar-refractivity contribution in [2.45, 2.75) is 13.8 Å². The van der Waals surface area contributed by atoms with Gasteiger partial charge in [-0.2, -0.15) is 4.98 Å². The van der Waals surface area contributed by atoms with Crippen LogP contribution in [-0.2, 0) is 0 Å². The number of carbonyl (C=O) groups is 1. The van der Waals surface area contributed by atoms with Crippen LogP contribution in [0.2, 0.25) is 0 Å². The van der Waals surface area contributed by atoms with Gasteiger partial charge in [-0.05, 0) is 44.8 Å². The third kappa shape index (κ3) is 4.13. The number of rotatable bonds is 6. The van der Waals surface area contributed by atoms with Gasteiger partial charge in [0.2, 0.25) is 5.95 Å². The van der Waals surface area contributed by atoms with Crippen molar-refractivity contribution >= 4 is 41.4 Å². The molecule has 1 aromatic carbocycles. The summed E-state index contributed by atoms with van der Waals surface area (Å²) in [7, 11) is 0. The number of aromatic amines is 1. The van der Waals surface area contributed by atoms with Crippen LogP contribution in [0.5, 0.6) is 0 Å². The summed E-state index contributed by atoms with van der Waals surface area (Å²) in [6.45, 7) is 7.05. The predicted octanol–water partition coefficient (Wildman–Crippen LogP) is 2.09. The number of carbonyl (C=O) groups excluding carboxylic acids is 1. The molecule has 0 saturated carbocycles. The number of hydrogen-bond acceptors (Lipinski definition) is 7. The zero-order chi connectivity index (χ0) is 17.7. The van der Waals surface area contributed by atoms with E-state index in [0.717, 1.165) is 5.69 Å². The van der Waals surface area contributed by atoms with E-state index in [1.165, 1.54) is 6.92 Å². The molecule has 2 rings (SSSR count). The quantitative estimate of drug-likeness (QED) is 0.553. The highest BCUT2D eigenvalue weighted by molar-refractivity contribution is 5.94. The average molecular weight is 326 g/mol. The Balaban J connectivity index is 2.14. The number of aliphatic imine (C=N–C) groups is 2. The van der Waals surface area contributed by atoms with Gasteiger partial charge < -0.3 is 11.1 Å². The maximum absolute atomic E-state index is 11.9. The molecule has 8 nitrogen and oxygen atoms in total. The Morgan fingerprint density at radius 1 is 1.33 bits per heavy atom. The molecule has 124 valence electrons. The monoisotopic (exact) mass is 326 g/mol. The number of nitrogen functional groups attached to an aromatic ring is 1. The lowest BCUT2D eigenvalue weighted by molar-refractivity contribution is 0.101. The zero-order valence-electron chi connectivity index (χ0n) is 13.5. The van der Waals surface area contributed by atoms with Gasteiger partial charge in [-0.3, -0.25) is 14.6 Å². The lowest BCUT2D eigenvalue weighted by Crippen LogP contribution is -2.14. The summed E-state index contributed by atoms with van der Waals surface area (Å²) in [5.41, 5.74) is 7.17. The second-order valence-electron chi connectivity index (χ2n) is 5.12. The first kappa shape index (κ1) is 17.1. The lowest BCUT2D eigenvalue weighted by Gasteiger charge is -2.07. The molecule has 0 aliphatic heterocycles. The van der Waals surface area contributed by atoms with Gasteiger partial charge in [0.15, 0.2) is 17.3 Å². The molecule has 0 radical (unpaired) electrons. The van der Waals surface area contributed by atoms with Crippen molar-refractivity contribution in [3.05, 3.63) is 40.2 Å². The minimum absolute atomic E-state index is 0.0128. The van der Waals surface area contributed by atoms with Crippen molar-refractivity contribution in [2.24, 2.45) is 9.98 Å². The van der Waals surface area contributed by atoms with Crippen LogP contribution in [0.25, 0.3) is 0 Å². The highest BCUT2D eigenvalue weighted by atomic mass is 16.1. The molecule has 0 atom stereocenters. The van der Waals surface area contributed by atoms with E-state index in [9.17, 15) is 9.59 Å². The number of benzene rings is 1. The predicted molar refractivity (Wildman–Crippen MR) is 96.2 cm³/mol. The van der Waals surface area contributed by atoms with Crippen LogP contribution in [0, 0.1) is 0 Å². The Hall–Kier alpha value is -3.29. The Labute approximate surface area is 138 Å². The van der Waals surface area contributed by atoms with Gasteiger partial charge in [0.05, 0.1) is 6.54 Å². The van der Waals surface area contributed by atoms with Gasteiger partial charge in [-0.1, -0.05) is 0 Å². The minimum atomic E-state index is -0.477. The fraction of sp³-hybridized carbons (Fsp3) is 0.188. The fourth-order valence-corrected chi connectivity index (χ4v) is 1.97. The number of aromatic nitrogens is 2. The molecule has 4 N–H and O–H groups in total. The van der Waals surface area contributed by atoms with Crippen LogP contribution in [0.1, 0.15) is 24.2 Å². The smallest absolute Gasteiger partial charge is 0.280 e. The number of hydrogen-bond donors (Lipinski definition) is 3. The topological polar surface area (TPSA) is 126 Å². The second kappa shape index (κ2) is 7.32. The summed E-state index contributed by atoms with van der Waals surface area (Å²) in [6.07, 6.45) is 0. The van der Waals surface area contributed by atoms with Gasteiger partial charge in [-0.15, -0.1) is 0 Å². The standard InChI is InChI=1S/C16H18N6O2/c1-9(8-19-12-6-4-11(5-7-12)10(2)23)20-13-14(18-3)21-16(17)22-15(13)24/h4-7,19H,3,8H2,1-2H3,(H3,17,21,22,24). The molecular weight excluding hydrogens is 308 g/mol. The molecule has 0 fully saturated rings. The largest absolute Gasteiger partial charge is 0.380 e. The maximum atomic E-state index is 11.9. The first-order chi connectivity index (χ1) is 11.4. The van der Waals surface area contributed by atoms with Gasteiger partial charge in [0.1, 0.15) is 0 Å². The number of Topliss-reactive ketones (excluding diaryl/α,β-unsaturated/α-hetero) is 1. The Morgan fingerprint density at radius 2 is 2.00 bits per heavy atom. The molecule has 8 heteroatoms. The molecule has 0 saturated heterocycles. The van der Waals surface area contributed by atoms with E-state index >= 15 is 0 Å². The van der Waals surface area contributed by atoms with E-state index in [2.05, 4.69) is 32.0 Å². The maximum Gasteiger partial charge on any atom is 0.280 e. The number of nitrogens with one attached hydrogen (secondary N) is 2. The molecule has 1 aromatic heterocycles. The molecule has 0 amide bonds. The first-order valence-electron chi connectivity index (χ1n) is 7.16. The van der Waals surface area contributed by atoms with Gasteiger partial charge in [0.25, 0.3) is 5.56 Å². The van der Waals surface area contributed by atoms with E-state index in [-0.39, 0.29) is 23.2 Å². The molecular formula is C16H18N6O2. The number of nitrogens with zero attached hydrogens (tertiary/aromatic N) is 3. The van der Waals surface area contributed by atoms with Crippen molar-refractivity contribution in [1.82, 2.24) is 9.97 Å². The van der Waals surface area contributed by atoms with E-state index in [4.69, 9.17) is 5.73 Å². The van der Waals surface area contributed by atoms with E-state index in [1.54, 1.807) is 31.2 Å². The number of H-pyrrole nitrogens is 1.